The lowest BCUT2D eigenvalue weighted by Gasteiger charge is -2.54. The second kappa shape index (κ2) is 9.11. The Kier molecular flexibility index (Phi) is 6.30. The first-order valence-corrected chi connectivity index (χ1v) is 10.9. The van der Waals surface area contributed by atoms with Crippen LogP contribution < -0.4 is 0 Å². The number of carbonyl (C=O) groups is 2. The minimum atomic E-state index is -0.696. The molecule has 0 radical (unpaired) electrons. The van der Waals surface area contributed by atoms with E-state index in [4.69, 9.17) is 4.74 Å². The number of carbonyl (C=O) groups excluding carboxylic acids is 2. The van der Waals surface area contributed by atoms with Crippen LogP contribution in [0.25, 0.3) is 0 Å². The first-order chi connectivity index (χ1) is 14.6. The molecule has 5 nitrogen and oxygen atoms in total. The molecule has 2 bridgehead atoms. The van der Waals surface area contributed by atoms with Crippen molar-refractivity contribution in [2.75, 3.05) is 13.1 Å². The Balaban J connectivity index is 1.61. The van der Waals surface area contributed by atoms with Crippen LogP contribution in [0.2, 0.25) is 0 Å². The number of ketones is 1. The van der Waals surface area contributed by atoms with Crippen LogP contribution in [-0.4, -0.2) is 52.8 Å². The Labute approximate surface area is 178 Å². The van der Waals surface area contributed by atoms with Crippen LogP contribution in [0.4, 0.5) is 0 Å². The Morgan fingerprint density at radius 2 is 1.73 bits per heavy atom. The highest BCUT2D eigenvalue weighted by Gasteiger charge is 2.50. The maximum atomic E-state index is 12.9. The number of fused-ring (bicyclic) bond motifs is 2. The minimum absolute atomic E-state index is 0.0580. The molecule has 30 heavy (non-hydrogen) atoms. The molecule has 2 aliphatic heterocycles. The van der Waals surface area contributed by atoms with Crippen molar-refractivity contribution in [3.05, 3.63) is 71.8 Å². The normalized spacial score (nSPS) is 25.7. The molecule has 0 spiro atoms. The predicted molar refractivity (Wildman–Crippen MR) is 116 cm³/mol. The highest BCUT2D eigenvalue weighted by Crippen LogP contribution is 2.36. The van der Waals surface area contributed by atoms with E-state index in [0.717, 1.165) is 13.1 Å². The predicted octanol–water partition coefficient (Wildman–Crippen LogP) is 3.60. The van der Waals surface area contributed by atoms with Gasteiger partial charge in [-0.2, -0.15) is 0 Å². The van der Waals surface area contributed by atoms with Gasteiger partial charge in [-0.25, -0.2) is 0 Å². The van der Waals surface area contributed by atoms with Crippen LogP contribution in [0.15, 0.2) is 60.7 Å². The van der Waals surface area contributed by atoms with Gasteiger partial charge in [0, 0.05) is 44.6 Å². The van der Waals surface area contributed by atoms with Crippen molar-refractivity contribution in [2.24, 2.45) is 0 Å². The summed E-state index contributed by atoms with van der Waals surface area (Å²) in [4.78, 5) is 29.8. The Hall–Kier alpha value is -2.50. The lowest BCUT2D eigenvalue weighted by molar-refractivity contribution is -0.172. The van der Waals surface area contributed by atoms with Gasteiger partial charge in [-0.05, 0) is 18.1 Å². The fourth-order valence-electron chi connectivity index (χ4n) is 4.93. The maximum absolute atomic E-state index is 12.9. The second-order valence-corrected chi connectivity index (χ2v) is 8.37. The molecular weight excluding hydrogens is 376 g/mol. The maximum Gasteiger partial charge on any atom is 0.306 e. The number of esters is 1. The zero-order valence-electron chi connectivity index (χ0n) is 17.7. The Morgan fingerprint density at radius 3 is 2.40 bits per heavy atom. The number of Topliss-reactive ketones (excluding diaryl/α,β-unsaturated/α-hetero) is 1. The van der Waals surface area contributed by atoms with Crippen LogP contribution >= 0.6 is 0 Å². The number of hydrogen-bond acceptors (Lipinski definition) is 5. The molecule has 0 aliphatic carbocycles. The third kappa shape index (κ3) is 4.32. The molecular formula is C25H30N2O3. The zero-order chi connectivity index (χ0) is 21.1. The molecule has 0 amide bonds. The van der Waals surface area contributed by atoms with Crippen LogP contribution in [0.3, 0.4) is 0 Å². The number of benzene rings is 2. The van der Waals surface area contributed by atoms with E-state index in [0.29, 0.717) is 13.0 Å². The monoisotopic (exact) mass is 406 g/mol. The molecule has 2 saturated heterocycles. The molecule has 2 aromatic carbocycles. The fraction of sp³-hybridized carbons (Fsp3) is 0.440. The van der Waals surface area contributed by atoms with E-state index in [1.54, 1.807) is 6.92 Å². The summed E-state index contributed by atoms with van der Waals surface area (Å²) in [6.07, 6.45) is 0.00105. The third-order valence-corrected chi connectivity index (χ3v) is 6.35. The van der Waals surface area contributed by atoms with Crippen LogP contribution in [0.5, 0.6) is 0 Å². The summed E-state index contributed by atoms with van der Waals surface area (Å²) >= 11 is 0. The molecule has 0 aromatic heterocycles. The van der Waals surface area contributed by atoms with Crippen LogP contribution in [0, 0.1) is 0 Å². The highest BCUT2D eigenvalue weighted by molar-refractivity contribution is 5.88. The summed E-state index contributed by atoms with van der Waals surface area (Å²) in [5, 5.41) is 0. The average molecular weight is 407 g/mol. The van der Waals surface area contributed by atoms with Gasteiger partial charge in [-0.1, -0.05) is 67.6 Å². The van der Waals surface area contributed by atoms with E-state index in [9.17, 15) is 9.59 Å². The fourth-order valence-corrected chi connectivity index (χ4v) is 4.93. The number of rotatable bonds is 6. The topological polar surface area (TPSA) is 49.9 Å². The van der Waals surface area contributed by atoms with Gasteiger partial charge in [0.05, 0.1) is 6.04 Å². The molecule has 0 unspecified atom stereocenters. The molecule has 5 heteroatoms. The average Bonchev–Trinajstić information content (AvgIpc) is 2.77. The van der Waals surface area contributed by atoms with Crippen molar-refractivity contribution < 1.29 is 14.3 Å². The molecule has 158 valence electrons. The van der Waals surface area contributed by atoms with Gasteiger partial charge >= 0.3 is 5.97 Å². The molecule has 4 atom stereocenters. The zero-order valence-corrected chi connectivity index (χ0v) is 17.7. The molecule has 2 aromatic rings. The number of ether oxygens (including phenoxy) is 1. The van der Waals surface area contributed by atoms with Crippen molar-refractivity contribution in [3.63, 3.8) is 0 Å². The Bertz CT molecular complexity index is 870. The van der Waals surface area contributed by atoms with E-state index in [-0.39, 0.29) is 36.3 Å². The van der Waals surface area contributed by atoms with Crippen molar-refractivity contribution in [1.29, 1.82) is 0 Å². The van der Waals surface area contributed by atoms with Gasteiger partial charge in [0.15, 0.2) is 11.9 Å². The molecule has 0 N–H and O–H groups in total. The molecule has 2 fully saturated rings. The van der Waals surface area contributed by atoms with E-state index in [1.165, 1.54) is 11.1 Å². The molecule has 4 rings (SSSR count). The third-order valence-electron chi connectivity index (χ3n) is 6.35. The van der Waals surface area contributed by atoms with E-state index < -0.39 is 6.10 Å². The quantitative estimate of drug-likeness (QED) is 0.686. The van der Waals surface area contributed by atoms with Gasteiger partial charge in [0.1, 0.15) is 0 Å². The minimum Gasteiger partial charge on any atom is -0.453 e. The standard InChI is InChI=1S/C25H30N2O3/c1-3-24(29)30-25-22-17-26(15-19-10-6-4-7-11-19)16-21(14-23(25)28)27(22)18(2)20-12-8-5-9-13-20/h4-13,18,21-22,25H,3,14-17H2,1-2H3/t18-,21+,22+,25+/m1/s1. The summed E-state index contributed by atoms with van der Waals surface area (Å²) in [5.74, 6) is -0.248. The first kappa shape index (κ1) is 20.8. The van der Waals surface area contributed by atoms with Gasteiger partial charge in [0.25, 0.3) is 0 Å². The van der Waals surface area contributed by atoms with Gasteiger partial charge in [-0.3, -0.25) is 19.4 Å². The van der Waals surface area contributed by atoms with Gasteiger partial charge < -0.3 is 4.74 Å². The number of nitrogens with zero attached hydrogens (tertiary/aromatic N) is 2. The second-order valence-electron chi connectivity index (χ2n) is 8.37. The van der Waals surface area contributed by atoms with E-state index in [1.807, 2.05) is 24.3 Å². The highest BCUT2D eigenvalue weighted by atomic mass is 16.5. The smallest absolute Gasteiger partial charge is 0.306 e. The van der Waals surface area contributed by atoms with E-state index >= 15 is 0 Å². The SMILES string of the molecule is CCC(=O)O[C@@H]1C(=O)C[C@H]2CN(Cc3ccccc3)C[C@@H]1N2[C@H](C)c1ccccc1. The molecule has 0 saturated carbocycles. The summed E-state index contributed by atoms with van der Waals surface area (Å²) < 4.78 is 5.70. The molecule has 2 heterocycles. The first-order valence-electron chi connectivity index (χ1n) is 10.9. The van der Waals surface area contributed by atoms with Crippen molar-refractivity contribution in [2.45, 2.75) is 57.5 Å². The van der Waals surface area contributed by atoms with Gasteiger partial charge in [0.2, 0.25) is 0 Å². The number of piperidine rings is 1. The van der Waals surface area contributed by atoms with Crippen LogP contribution in [-0.2, 0) is 20.9 Å². The van der Waals surface area contributed by atoms with Gasteiger partial charge in [-0.15, -0.1) is 0 Å². The van der Waals surface area contributed by atoms with Crippen LogP contribution in [0.1, 0.15) is 43.9 Å². The lowest BCUT2D eigenvalue weighted by atomic mass is 9.85. The number of likely N-dealkylation sites (tertiary alicyclic amines) is 1. The summed E-state index contributed by atoms with van der Waals surface area (Å²) in [6.45, 7) is 6.34. The largest absolute Gasteiger partial charge is 0.453 e. The van der Waals surface area contributed by atoms with Crippen molar-refractivity contribution >= 4 is 11.8 Å². The number of hydrogen-bond donors (Lipinski definition) is 0. The van der Waals surface area contributed by atoms with Crippen molar-refractivity contribution in [3.8, 4) is 0 Å². The summed E-state index contributed by atoms with van der Waals surface area (Å²) in [6, 6.07) is 20.9. The summed E-state index contributed by atoms with van der Waals surface area (Å²) in [7, 11) is 0. The summed E-state index contributed by atoms with van der Waals surface area (Å²) in [5.41, 5.74) is 2.48. The van der Waals surface area contributed by atoms with E-state index in [2.05, 4.69) is 53.1 Å². The number of piperazine rings is 1. The van der Waals surface area contributed by atoms with Crippen molar-refractivity contribution in [1.82, 2.24) is 9.80 Å². The Morgan fingerprint density at radius 1 is 1.07 bits per heavy atom. The lowest BCUT2D eigenvalue weighted by Crippen LogP contribution is -2.68. The molecule has 2 aliphatic rings.